The van der Waals surface area contributed by atoms with Gasteiger partial charge in [-0.3, -0.25) is 4.79 Å². The molecule has 1 aliphatic carbocycles. The normalized spacial score (nSPS) is 21.9. The standard InChI is InChI=1S/C17H23NO3/c1-10(2)8-15(17(20)21)18-16(19)14-9-13(14)12-7-5-4-6-11(12)3/h4-7,10,13-15H,8-9H2,1-3H3,(H,18,19)(H,20,21)/t13?,14?,15-/m0/s1. The molecule has 3 atom stereocenters. The highest BCUT2D eigenvalue weighted by Gasteiger charge is 2.45. The minimum Gasteiger partial charge on any atom is -0.480 e. The molecule has 2 unspecified atom stereocenters. The van der Waals surface area contributed by atoms with Crippen LogP contribution in [0, 0.1) is 18.8 Å². The van der Waals surface area contributed by atoms with Gasteiger partial charge in [0.15, 0.2) is 0 Å². The molecular formula is C17H23NO3. The lowest BCUT2D eigenvalue weighted by atomic mass is 10.0. The molecule has 2 N–H and O–H groups in total. The summed E-state index contributed by atoms with van der Waals surface area (Å²) in [6.07, 6.45) is 1.27. The Bertz CT molecular complexity index is 539. The fourth-order valence-corrected chi connectivity index (χ4v) is 2.80. The quantitative estimate of drug-likeness (QED) is 0.846. The van der Waals surface area contributed by atoms with Gasteiger partial charge < -0.3 is 10.4 Å². The van der Waals surface area contributed by atoms with Crippen molar-refractivity contribution in [2.24, 2.45) is 11.8 Å². The van der Waals surface area contributed by atoms with E-state index in [0.717, 1.165) is 6.42 Å². The average Bonchev–Trinajstić information content (AvgIpc) is 3.18. The maximum absolute atomic E-state index is 12.2. The number of carbonyl (C=O) groups excluding carboxylic acids is 1. The van der Waals surface area contributed by atoms with Crippen LogP contribution in [0.4, 0.5) is 0 Å². The predicted molar refractivity (Wildman–Crippen MR) is 81.0 cm³/mol. The van der Waals surface area contributed by atoms with Gasteiger partial charge in [-0.05, 0) is 42.7 Å². The zero-order chi connectivity index (χ0) is 15.6. The van der Waals surface area contributed by atoms with E-state index in [1.165, 1.54) is 11.1 Å². The first-order valence-corrected chi connectivity index (χ1v) is 7.48. The third-order valence-electron chi connectivity index (χ3n) is 4.04. The number of carbonyl (C=O) groups is 2. The zero-order valence-corrected chi connectivity index (χ0v) is 12.8. The third kappa shape index (κ3) is 3.84. The predicted octanol–water partition coefficient (Wildman–Crippen LogP) is 2.71. The van der Waals surface area contributed by atoms with Crippen molar-refractivity contribution in [1.29, 1.82) is 0 Å². The molecule has 0 saturated heterocycles. The minimum absolute atomic E-state index is 0.0832. The van der Waals surface area contributed by atoms with Crippen molar-refractivity contribution in [3.05, 3.63) is 35.4 Å². The Morgan fingerprint density at radius 1 is 1.33 bits per heavy atom. The molecule has 21 heavy (non-hydrogen) atoms. The maximum atomic E-state index is 12.2. The summed E-state index contributed by atoms with van der Waals surface area (Å²) in [5, 5.41) is 11.9. The number of rotatable bonds is 6. The molecule has 1 amide bonds. The lowest BCUT2D eigenvalue weighted by molar-refractivity contribution is -0.142. The molecule has 0 radical (unpaired) electrons. The summed E-state index contributed by atoms with van der Waals surface area (Å²) in [4.78, 5) is 23.4. The molecule has 1 aromatic rings. The highest BCUT2D eigenvalue weighted by Crippen LogP contribution is 2.48. The van der Waals surface area contributed by atoms with Crippen molar-refractivity contribution in [3.8, 4) is 0 Å². The number of aliphatic carboxylic acids is 1. The molecule has 2 rings (SSSR count). The van der Waals surface area contributed by atoms with Gasteiger partial charge in [0.2, 0.25) is 5.91 Å². The highest BCUT2D eigenvalue weighted by molar-refractivity contribution is 5.87. The fraction of sp³-hybridized carbons (Fsp3) is 0.529. The second-order valence-electron chi connectivity index (χ2n) is 6.33. The summed E-state index contributed by atoms with van der Waals surface area (Å²) in [5.74, 6) is -0.695. The van der Waals surface area contributed by atoms with Crippen molar-refractivity contribution in [2.75, 3.05) is 0 Å². The van der Waals surface area contributed by atoms with Gasteiger partial charge in [0.1, 0.15) is 6.04 Å². The van der Waals surface area contributed by atoms with Crippen LogP contribution >= 0.6 is 0 Å². The van der Waals surface area contributed by atoms with Crippen molar-refractivity contribution >= 4 is 11.9 Å². The van der Waals surface area contributed by atoms with Crippen LogP contribution in [0.3, 0.4) is 0 Å². The van der Waals surface area contributed by atoms with Crippen LogP contribution in [0.25, 0.3) is 0 Å². The van der Waals surface area contributed by atoms with Gasteiger partial charge >= 0.3 is 5.97 Å². The van der Waals surface area contributed by atoms with E-state index in [0.29, 0.717) is 6.42 Å². The largest absolute Gasteiger partial charge is 0.480 e. The summed E-state index contributed by atoms with van der Waals surface area (Å²) in [6.45, 7) is 5.95. The third-order valence-corrected chi connectivity index (χ3v) is 4.04. The molecule has 4 nitrogen and oxygen atoms in total. The number of carboxylic acid groups (broad SMARTS) is 1. The fourth-order valence-electron chi connectivity index (χ4n) is 2.80. The minimum atomic E-state index is -0.954. The molecule has 114 valence electrons. The summed E-state index contributed by atoms with van der Waals surface area (Å²) in [5.41, 5.74) is 2.39. The SMILES string of the molecule is Cc1ccccc1C1CC1C(=O)N[C@@H](CC(C)C)C(=O)O. The van der Waals surface area contributed by atoms with Gasteiger partial charge in [-0.2, -0.15) is 0 Å². The summed E-state index contributed by atoms with van der Waals surface area (Å²) < 4.78 is 0. The van der Waals surface area contributed by atoms with Crippen LogP contribution in [0.2, 0.25) is 0 Å². The molecule has 0 aromatic heterocycles. The first-order valence-electron chi connectivity index (χ1n) is 7.48. The monoisotopic (exact) mass is 289 g/mol. The Labute approximate surface area is 125 Å². The summed E-state index contributed by atoms with van der Waals surface area (Å²) in [7, 11) is 0. The van der Waals surface area contributed by atoms with E-state index in [1.54, 1.807) is 0 Å². The van der Waals surface area contributed by atoms with Gasteiger partial charge in [-0.1, -0.05) is 38.1 Å². The second kappa shape index (κ2) is 6.29. The molecule has 0 bridgehead atoms. The summed E-state index contributed by atoms with van der Waals surface area (Å²) >= 11 is 0. The molecule has 1 saturated carbocycles. The lowest BCUT2D eigenvalue weighted by Gasteiger charge is -2.16. The first kappa shape index (κ1) is 15.5. The van der Waals surface area contributed by atoms with Crippen molar-refractivity contribution < 1.29 is 14.7 Å². The number of benzene rings is 1. The van der Waals surface area contributed by atoms with E-state index < -0.39 is 12.0 Å². The van der Waals surface area contributed by atoms with E-state index in [1.807, 2.05) is 39.0 Å². The van der Waals surface area contributed by atoms with Crippen LogP contribution in [0.15, 0.2) is 24.3 Å². The van der Waals surface area contributed by atoms with Crippen LogP contribution in [0.5, 0.6) is 0 Å². The smallest absolute Gasteiger partial charge is 0.326 e. The van der Waals surface area contributed by atoms with Crippen LogP contribution in [-0.2, 0) is 9.59 Å². The first-order chi connectivity index (χ1) is 9.90. The Morgan fingerprint density at radius 3 is 2.57 bits per heavy atom. The average molecular weight is 289 g/mol. The molecular weight excluding hydrogens is 266 g/mol. The van der Waals surface area contributed by atoms with Crippen LogP contribution < -0.4 is 5.32 Å². The Hall–Kier alpha value is -1.84. The molecule has 1 aromatic carbocycles. The molecule has 0 aliphatic heterocycles. The van der Waals surface area contributed by atoms with Gasteiger partial charge in [0.25, 0.3) is 0 Å². The van der Waals surface area contributed by atoms with Crippen molar-refractivity contribution in [3.63, 3.8) is 0 Å². The molecule has 4 heteroatoms. The number of nitrogens with one attached hydrogen (secondary N) is 1. The van der Waals surface area contributed by atoms with E-state index in [9.17, 15) is 14.7 Å². The van der Waals surface area contributed by atoms with E-state index >= 15 is 0 Å². The van der Waals surface area contributed by atoms with Crippen molar-refractivity contribution in [2.45, 2.75) is 45.6 Å². The van der Waals surface area contributed by atoms with E-state index in [4.69, 9.17) is 0 Å². The topological polar surface area (TPSA) is 66.4 Å². The molecule has 1 aliphatic rings. The van der Waals surface area contributed by atoms with E-state index in [-0.39, 0.29) is 23.7 Å². The van der Waals surface area contributed by atoms with Gasteiger partial charge in [0, 0.05) is 5.92 Å². The summed E-state index contributed by atoms with van der Waals surface area (Å²) in [6, 6.07) is 7.28. The Morgan fingerprint density at radius 2 is 2.00 bits per heavy atom. The van der Waals surface area contributed by atoms with E-state index in [2.05, 4.69) is 11.4 Å². The number of amides is 1. The molecule has 0 spiro atoms. The highest BCUT2D eigenvalue weighted by atomic mass is 16.4. The Kier molecular flexibility index (Phi) is 4.66. The van der Waals surface area contributed by atoms with Crippen LogP contribution in [-0.4, -0.2) is 23.0 Å². The zero-order valence-electron chi connectivity index (χ0n) is 12.8. The maximum Gasteiger partial charge on any atom is 0.326 e. The molecule has 0 heterocycles. The Balaban J connectivity index is 1.96. The van der Waals surface area contributed by atoms with Crippen LogP contribution in [0.1, 0.15) is 43.7 Å². The van der Waals surface area contributed by atoms with Gasteiger partial charge in [-0.15, -0.1) is 0 Å². The number of aryl methyl sites for hydroxylation is 1. The number of carboxylic acids is 1. The van der Waals surface area contributed by atoms with Gasteiger partial charge in [-0.25, -0.2) is 4.79 Å². The lowest BCUT2D eigenvalue weighted by Crippen LogP contribution is -2.42. The number of hydrogen-bond acceptors (Lipinski definition) is 2. The van der Waals surface area contributed by atoms with Gasteiger partial charge in [0.05, 0.1) is 0 Å². The second-order valence-corrected chi connectivity index (χ2v) is 6.33. The van der Waals surface area contributed by atoms with Crippen molar-refractivity contribution in [1.82, 2.24) is 5.32 Å². The molecule has 1 fully saturated rings. The number of hydrogen-bond donors (Lipinski definition) is 2.